The first-order valence-electron chi connectivity index (χ1n) is 4.89. The van der Waals surface area contributed by atoms with Gasteiger partial charge in [-0.05, 0) is 52.4 Å². The van der Waals surface area contributed by atoms with Crippen LogP contribution in [0.2, 0.25) is 5.02 Å². The average Bonchev–Trinajstić information content (AvgIpc) is 2.06. The van der Waals surface area contributed by atoms with Crippen LogP contribution in [0.5, 0.6) is 0 Å². The van der Waals surface area contributed by atoms with Crippen molar-refractivity contribution in [3.8, 4) is 0 Å². The predicted molar refractivity (Wildman–Crippen MR) is 70.7 cm³/mol. The topological polar surface area (TPSA) is 26.0 Å². The monoisotopic (exact) mass is 309 g/mol. The first kappa shape index (κ1) is 13.3. The van der Waals surface area contributed by atoms with Crippen LogP contribution in [0.4, 0.5) is 0 Å². The van der Waals surface area contributed by atoms with Crippen LogP contribution in [0.25, 0.3) is 0 Å². The number of nitrogens with two attached hydrogens (primary N) is 1. The van der Waals surface area contributed by atoms with Gasteiger partial charge < -0.3 is 5.73 Å². The van der Waals surface area contributed by atoms with Gasteiger partial charge in [-0.1, -0.05) is 24.1 Å². The first-order chi connectivity index (χ1) is 6.68. The van der Waals surface area contributed by atoms with E-state index < -0.39 is 0 Å². The zero-order valence-electron chi connectivity index (χ0n) is 8.25. The highest BCUT2D eigenvalue weighted by molar-refractivity contribution is 9.10. The van der Waals surface area contributed by atoms with Gasteiger partial charge in [-0.2, -0.15) is 0 Å². The lowest BCUT2D eigenvalue weighted by Crippen LogP contribution is -2.26. The largest absolute Gasteiger partial charge is 0.324 e. The summed E-state index contributed by atoms with van der Waals surface area (Å²) >= 11 is 9.34. The zero-order chi connectivity index (χ0) is 10.1. The maximum atomic E-state index is 6.16. The Morgan fingerprint density at radius 3 is 2.53 bits per heavy atom. The maximum absolute atomic E-state index is 6.16. The number of benzene rings is 1. The van der Waals surface area contributed by atoms with E-state index in [4.69, 9.17) is 17.3 Å². The van der Waals surface area contributed by atoms with E-state index in [0.29, 0.717) is 5.92 Å². The minimum Gasteiger partial charge on any atom is -0.324 e. The Morgan fingerprint density at radius 1 is 1.40 bits per heavy atom. The molecule has 1 atom stereocenters. The van der Waals surface area contributed by atoms with Crippen LogP contribution in [-0.2, 0) is 0 Å². The van der Waals surface area contributed by atoms with Gasteiger partial charge in [-0.25, -0.2) is 0 Å². The zero-order valence-corrected chi connectivity index (χ0v) is 11.4. The van der Waals surface area contributed by atoms with E-state index in [0.717, 1.165) is 9.50 Å². The van der Waals surface area contributed by atoms with Gasteiger partial charge in [0.05, 0.1) is 5.02 Å². The lowest BCUT2D eigenvalue weighted by Gasteiger charge is -2.31. The Balaban J connectivity index is 0.00000112. The average molecular weight is 311 g/mol. The van der Waals surface area contributed by atoms with Crippen molar-refractivity contribution < 1.29 is 0 Å². The highest BCUT2D eigenvalue weighted by Crippen LogP contribution is 2.37. The third-order valence-corrected chi connectivity index (χ3v) is 4.20. The van der Waals surface area contributed by atoms with Gasteiger partial charge in [0.25, 0.3) is 0 Å². The van der Waals surface area contributed by atoms with E-state index in [1.165, 1.54) is 24.8 Å². The van der Waals surface area contributed by atoms with Crippen LogP contribution >= 0.6 is 39.9 Å². The van der Waals surface area contributed by atoms with Gasteiger partial charge in [0.2, 0.25) is 0 Å². The minimum absolute atomic E-state index is 0. The van der Waals surface area contributed by atoms with Crippen molar-refractivity contribution in [3.63, 3.8) is 0 Å². The van der Waals surface area contributed by atoms with Crippen LogP contribution in [0.1, 0.15) is 30.9 Å². The second-order valence-corrected chi connectivity index (χ2v) is 5.15. The van der Waals surface area contributed by atoms with Crippen LogP contribution in [0.15, 0.2) is 22.7 Å². The van der Waals surface area contributed by atoms with E-state index in [9.17, 15) is 0 Å². The molecule has 1 aromatic carbocycles. The van der Waals surface area contributed by atoms with Crippen LogP contribution in [0.3, 0.4) is 0 Å². The van der Waals surface area contributed by atoms with Crippen molar-refractivity contribution in [1.29, 1.82) is 0 Å². The molecular formula is C11H14BrCl2N. The Labute approximate surface area is 110 Å². The second-order valence-electron chi connectivity index (χ2n) is 3.89. The molecule has 0 radical (unpaired) electrons. The van der Waals surface area contributed by atoms with Crippen molar-refractivity contribution in [2.24, 2.45) is 11.7 Å². The number of rotatable bonds is 2. The smallest absolute Gasteiger partial charge is 0.0548 e. The summed E-state index contributed by atoms with van der Waals surface area (Å²) in [5.74, 6) is 0.670. The highest BCUT2D eigenvalue weighted by Gasteiger charge is 2.25. The lowest BCUT2D eigenvalue weighted by atomic mass is 9.78. The molecule has 1 saturated carbocycles. The Bertz CT molecular complexity index is 339. The summed E-state index contributed by atoms with van der Waals surface area (Å²) in [7, 11) is 0. The van der Waals surface area contributed by atoms with Crippen molar-refractivity contribution in [2.75, 3.05) is 0 Å². The van der Waals surface area contributed by atoms with Gasteiger partial charge in [0, 0.05) is 10.5 Å². The summed E-state index contributed by atoms with van der Waals surface area (Å²) in [5.41, 5.74) is 7.34. The number of hydrogen-bond donors (Lipinski definition) is 1. The number of halogens is 3. The summed E-state index contributed by atoms with van der Waals surface area (Å²) in [6, 6.07) is 6.14. The Kier molecular flexibility index (Phi) is 4.91. The van der Waals surface area contributed by atoms with Crippen LogP contribution < -0.4 is 5.73 Å². The Hall–Kier alpha value is 0.240. The molecule has 1 aliphatic rings. The van der Waals surface area contributed by atoms with Gasteiger partial charge >= 0.3 is 0 Å². The molecule has 0 heterocycles. The standard InChI is InChI=1S/C11H13BrClN.ClH/c12-9-6-8(4-5-10(9)13)11(14)7-2-1-3-7;/h4-7,11H,1-3,14H2;1H/t11-;/m1./s1. The Morgan fingerprint density at radius 2 is 2.07 bits per heavy atom. The molecule has 0 amide bonds. The van der Waals surface area contributed by atoms with E-state index in [2.05, 4.69) is 15.9 Å². The highest BCUT2D eigenvalue weighted by atomic mass is 79.9. The molecule has 1 aromatic rings. The molecule has 0 aromatic heterocycles. The molecule has 0 aliphatic heterocycles. The molecular weight excluding hydrogens is 297 g/mol. The van der Waals surface area contributed by atoms with E-state index in [1.807, 2.05) is 18.2 Å². The molecule has 15 heavy (non-hydrogen) atoms. The third kappa shape index (κ3) is 2.88. The first-order valence-corrected chi connectivity index (χ1v) is 6.06. The summed E-state index contributed by atoms with van der Waals surface area (Å²) in [4.78, 5) is 0. The SMILES string of the molecule is Cl.N[C@@H](c1ccc(Cl)c(Br)c1)C1CCC1. The van der Waals surface area contributed by atoms with Crippen molar-refractivity contribution in [2.45, 2.75) is 25.3 Å². The van der Waals surface area contributed by atoms with Gasteiger partial charge in [0.1, 0.15) is 0 Å². The van der Waals surface area contributed by atoms with Crippen molar-refractivity contribution in [1.82, 2.24) is 0 Å². The molecule has 2 N–H and O–H groups in total. The molecule has 1 fully saturated rings. The van der Waals surface area contributed by atoms with Gasteiger partial charge in [0.15, 0.2) is 0 Å². The fraction of sp³-hybridized carbons (Fsp3) is 0.455. The molecule has 0 saturated heterocycles. The summed E-state index contributed by atoms with van der Waals surface area (Å²) in [6.07, 6.45) is 3.86. The fourth-order valence-corrected chi connectivity index (χ4v) is 2.30. The predicted octanol–water partition coefficient (Wildman–Crippen LogP) is 4.32. The summed E-state index contributed by atoms with van der Waals surface area (Å²) in [6.45, 7) is 0. The van der Waals surface area contributed by atoms with E-state index >= 15 is 0 Å². The van der Waals surface area contributed by atoms with Crippen LogP contribution in [0, 0.1) is 5.92 Å². The second kappa shape index (κ2) is 5.53. The summed E-state index contributed by atoms with van der Waals surface area (Å²) < 4.78 is 0.937. The molecule has 2 rings (SSSR count). The fourth-order valence-electron chi connectivity index (χ4n) is 1.79. The molecule has 0 spiro atoms. The normalized spacial score (nSPS) is 17.8. The molecule has 1 aliphatic carbocycles. The minimum atomic E-state index is 0. The molecule has 1 nitrogen and oxygen atoms in total. The van der Waals surface area contributed by atoms with Gasteiger partial charge in [-0.15, -0.1) is 12.4 Å². The molecule has 0 unspecified atom stereocenters. The lowest BCUT2D eigenvalue weighted by molar-refractivity contribution is 0.264. The number of hydrogen-bond acceptors (Lipinski definition) is 1. The van der Waals surface area contributed by atoms with Crippen molar-refractivity contribution >= 4 is 39.9 Å². The van der Waals surface area contributed by atoms with Crippen LogP contribution in [-0.4, -0.2) is 0 Å². The van der Waals surface area contributed by atoms with E-state index in [-0.39, 0.29) is 18.4 Å². The maximum Gasteiger partial charge on any atom is 0.0548 e. The summed E-state index contributed by atoms with van der Waals surface area (Å²) in [5, 5.41) is 0.745. The quantitative estimate of drug-likeness (QED) is 0.864. The molecule has 4 heteroatoms. The third-order valence-electron chi connectivity index (χ3n) is 2.99. The molecule has 84 valence electrons. The molecule has 0 bridgehead atoms. The van der Waals surface area contributed by atoms with Gasteiger partial charge in [-0.3, -0.25) is 0 Å². The van der Waals surface area contributed by atoms with Crippen molar-refractivity contribution in [3.05, 3.63) is 33.3 Å². The van der Waals surface area contributed by atoms with E-state index in [1.54, 1.807) is 0 Å².